The van der Waals surface area contributed by atoms with Gasteiger partial charge in [0, 0.05) is 28.1 Å². The maximum Gasteiger partial charge on any atom is 0.234 e. The first-order chi connectivity index (χ1) is 14.1. The summed E-state index contributed by atoms with van der Waals surface area (Å²) in [5, 5.41) is 14.6. The molecule has 1 aromatic carbocycles. The van der Waals surface area contributed by atoms with Crippen molar-refractivity contribution in [3.8, 4) is 17.1 Å². The molecular formula is C21H26N4O2S2. The van der Waals surface area contributed by atoms with Crippen molar-refractivity contribution in [2.45, 2.75) is 44.8 Å². The summed E-state index contributed by atoms with van der Waals surface area (Å²) < 4.78 is 7.25. The lowest BCUT2D eigenvalue weighted by Gasteiger charge is -2.09. The number of hydrogen-bond donors (Lipinski definition) is 1. The van der Waals surface area contributed by atoms with E-state index >= 15 is 0 Å². The summed E-state index contributed by atoms with van der Waals surface area (Å²) in [6.45, 7) is 5.14. The number of thioether (sulfide) groups is 1. The molecule has 6 nitrogen and oxygen atoms in total. The molecule has 0 unspecified atom stereocenters. The van der Waals surface area contributed by atoms with Crippen molar-refractivity contribution in [2.24, 2.45) is 0 Å². The molecule has 2 aromatic heterocycles. The quantitative estimate of drug-likeness (QED) is 0.453. The topological polar surface area (TPSA) is 69.0 Å². The van der Waals surface area contributed by atoms with Crippen LogP contribution in [0.2, 0.25) is 0 Å². The summed E-state index contributed by atoms with van der Waals surface area (Å²) in [5.41, 5.74) is 1.85. The van der Waals surface area contributed by atoms with Crippen LogP contribution in [-0.4, -0.2) is 33.5 Å². The molecule has 29 heavy (non-hydrogen) atoms. The normalized spacial score (nSPS) is 10.9. The molecule has 0 aliphatic heterocycles. The Morgan fingerprint density at radius 2 is 2.00 bits per heavy atom. The highest BCUT2D eigenvalue weighted by molar-refractivity contribution is 7.99. The Morgan fingerprint density at radius 1 is 1.21 bits per heavy atom. The Bertz CT molecular complexity index is 935. The van der Waals surface area contributed by atoms with Gasteiger partial charge in [-0.1, -0.05) is 32.0 Å². The molecule has 1 N–H and O–H groups in total. The van der Waals surface area contributed by atoms with Gasteiger partial charge >= 0.3 is 0 Å². The van der Waals surface area contributed by atoms with Gasteiger partial charge in [-0.05, 0) is 43.2 Å². The second-order valence-corrected chi connectivity index (χ2v) is 8.51. The van der Waals surface area contributed by atoms with Gasteiger partial charge in [-0.2, -0.15) is 0 Å². The van der Waals surface area contributed by atoms with E-state index in [1.54, 1.807) is 18.4 Å². The number of rotatable bonds is 10. The maximum absolute atomic E-state index is 12.3. The average molecular weight is 431 g/mol. The maximum atomic E-state index is 12.3. The molecular weight excluding hydrogens is 404 g/mol. The standard InChI is InChI=1S/C21H26N4O2S2/c1-4-6-18-12-15(13-28-18)20-23-24-21(25(20)11-5-2)29-14-19(26)22-16-7-9-17(27-3)10-8-16/h7-10,12-13H,4-6,11,14H2,1-3H3,(H,22,26). The predicted octanol–water partition coefficient (Wildman–Crippen LogP) is 5.11. The van der Waals surface area contributed by atoms with E-state index in [9.17, 15) is 4.79 Å². The molecule has 154 valence electrons. The van der Waals surface area contributed by atoms with Gasteiger partial charge in [0.25, 0.3) is 0 Å². The zero-order valence-electron chi connectivity index (χ0n) is 17.0. The Hall–Kier alpha value is -2.32. The number of methoxy groups -OCH3 is 1. The molecule has 0 saturated heterocycles. The third-order valence-electron chi connectivity index (χ3n) is 4.28. The molecule has 0 bridgehead atoms. The molecule has 2 heterocycles. The van der Waals surface area contributed by atoms with Crippen LogP contribution in [0.25, 0.3) is 11.4 Å². The van der Waals surface area contributed by atoms with Crippen LogP contribution in [-0.2, 0) is 17.8 Å². The second-order valence-electron chi connectivity index (χ2n) is 6.57. The third-order valence-corrected chi connectivity index (χ3v) is 6.24. The first kappa shape index (κ1) is 21.4. The number of amides is 1. The van der Waals surface area contributed by atoms with E-state index in [1.807, 2.05) is 24.3 Å². The number of benzene rings is 1. The van der Waals surface area contributed by atoms with Crippen LogP contribution in [0, 0.1) is 0 Å². The van der Waals surface area contributed by atoms with E-state index < -0.39 is 0 Å². The fourth-order valence-electron chi connectivity index (χ4n) is 2.91. The first-order valence-corrected chi connectivity index (χ1v) is 11.6. The molecule has 0 atom stereocenters. The predicted molar refractivity (Wildman–Crippen MR) is 120 cm³/mol. The minimum atomic E-state index is -0.0754. The van der Waals surface area contributed by atoms with E-state index in [-0.39, 0.29) is 11.7 Å². The van der Waals surface area contributed by atoms with Gasteiger partial charge in [0.1, 0.15) is 5.75 Å². The summed E-state index contributed by atoms with van der Waals surface area (Å²) in [6, 6.07) is 9.49. The Labute approximate surface area is 179 Å². The van der Waals surface area contributed by atoms with E-state index in [1.165, 1.54) is 16.6 Å². The molecule has 3 aromatic rings. The summed E-state index contributed by atoms with van der Waals surface area (Å²) >= 11 is 3.18. The molecule has 3 rings (SSSR count). The monoisotopic (exact) mass is 430 g/mol. The molecule has 0 aliphatic carbocycles. The van der Waals surface area contributed by atoms with Crippen molar-refractivity contribution >= 4 is 34.7 Å². The fraction of sp³-hybridized carbons (Fsp3) is 0.381. The van der Waals surface area contributed by atoms with Gasteiger partial charge in [0.2, 0.25) is 5.91 Å². The number of ether oxygens (including phenoxy) is 1. The first-order valence-electron chi connectivity index (χ1n) is 9.72. The number of nitrogens with one attached hydrogen (secondary N) is 1. The summed E-state index contributed by atoms with van der Waals surface area (Å²) in [4.78, 5) is 13.7. The van der Waals surface area contributed by atoms with Gasteiger partial charge in [0.15, 0.2) is 11.0 Å². The van der Waals surface area contributed by atoms with Gasteiger partial charge in [-0.3, -0.25) is 4.79 Å². The highest BCUT2D eigenvalue weighted by atomic mass is 32.2. The number of carbonyl (C=O) groups excluding carboxylic acids is 1. The van der Waals surface area contributed by atoms with Crippen LogP contribution in [0.3, 0.4) is 0 Å². The van der Waals surface area contributed by atoms with Gasteiger partial charge in [-0.15, -0.1) is 21.5 Å². The largest absolute Gasteiger partial charge is 0.497 e. The van der Waals surface area contributed by atoms with E-state index in [2.05, 4.69) is 45.4 Å². The summed E-state index contributed by atoms with van der Waals surface area (Å²) in [7, 11) is 1.62. The molecule has 0 saturated carbocycles. The van der Waals surface area contributed by atoms with Crippen molar-refractivity contribution in [1.82, 2.24) is 14.8 Å². The van der Waals surface area contributed by atoms with Crippen molar-refractivity contribution in [3.05, 3.63) is 40.6 Å². The minimum absolute atomic E-state index is 0.0754. The number of carbonyl (C=O) groups is 1. The van der Waals surface area contributed by atoms with Crippen LogP contribution in [0.5, 0.6) is 5.75 Å². The molecule has 0 spiro atoms. The number of aryl methyl sites for hydroxylation is 1. The lowest BCUT2D eigenvalue weighted by Crippen LogP contribution is -2.14. The second kappa shape index (κ2) is 10.5. The van der Waals surface area contributed by atoms with E-state index in [4.69, 9.17) is 4.74 Å². The van der Waals surface area contributed by atoms with Gasteiger partial charge in [0.05, 0.1) is 12.9 Å². The molecule has 8 heteroatoms. The molecule has 1 amide bonds. The number of anilines is 1. The Balaban J connectivity index is 1.66. The van der Waals surface area contributed by atoms with Crippen LogP contribution < -0.4 is 10.1 Å². The van der Waals surface area contributed by atoms with Gasteiger partial charge in [-0.25, -0.2) is 0 Å². The summed E-state index contributed by atoms with van der Waals surface area (Å²) in [6.07, 6.45) is 3.19. The molecule has 0 fully saturated rings. The highest BCUT2D eigenvalue weighted by Gasteiger charge is 2.16. The van der Waals surface area contributed by atoms with Crippen LogP contribution in [0.1, 0.15) is 31.6 Å². The summed E-state index contributed by atoms with van der Waals surface area (Å²) in [5.74, 6) is 1.84. The SMILES string of the molecule is CCCc1cc(-c2nnc(SCC(=O)Nc3ccc(OC)cc3)n2CCC)cs1. The molecule has 0 aliphatic rings. The van der Waals surface area contributed by atoms with Gasteiger partial charge < -0.3 is 14.6 Å². The molecule has 0 radical (unpaired) electrons. The fourth-order valence-corrected chi connectivity index (χ4v) is 4.64. The van der Waals surface area contributed by atoms with Crippen LogP contribution in [0.4, 0.5) is 5.69 Å². The van der Waals surface area contributed by atoms with Crippen LogP contribution >= 0.6 is 23.1 Å². The van der Waals surface area contributed by atoms with Crippen molar-refractivity contribution < 1.29 is 9.53 Å². The number of nitrogens with zero attached hydrogens (tertiary/aromatic N) is 3. The zero-order chi connectivity index (χ0) is 20.6. The van der Waals surface area contributed by atoms with Crippen molar-refractivity contribution in [2.75, 3.05) is 18.2 Å². The van der Waals surface area contributed by atoms with Crippen LogP contribution in [0.15, 0.2) is 40.9 Å². The number of aromatic nitrogens is 3. The average Bonchev–Trinajstić information content (AvgIpc) is 3.34. The Morgan fingerprint density at radius 3 is 2.69 bits per heavy atom. The number of hydrogen-bond acceptors (Lipinski definition) is 6. The lowest BCUT2D eigenvalue weighted by molar-refractivity contribution is -0.113. The third kappa shape index (κ3) is 5.61. The smallest absolute Gasteiger partial charge is 0.234 e. The van der Waals surface area contributed by atoms with E-state index in [0.717, 1.165) is 53.8 Å². The lowest BCUT2D eigenvalue weighted by atomic mass is 10.2. The minimum Gasteiger partial charge on any atom is -0.497 e. The van der Waals surface area contributed by atoms with Crippen molar-refractivity contribution in [3.63, 3.8) is 0 Å². The van der Waals surface area contributed by atoms with E-state index in [0.29, 0.717) is 0 Å². The Kier molecular flexibility index (Phi) is 7.71. The zero-order valence-corrected chi connectivity index (χ0v) is 18.6. The highest BCUT2D eigenvalue weighted by Crippen LogP contribution is 2.29. The van der Waals surface area contributed by atoms with Crippen molar-refractivity contribution in [1.29, 1.82) is 0 Å². The number of thiophene rings is 1.